The van der Waals surface area contributed by atoms with Crippen LogP contribution in [0.2, 0.25) is 0 Å². The Bertz CT molecular complexity index is 1220. The van der Waals surface area contributed by atoms with Gasteiger partial charge in [-0.1, -0.05) is 0 Å². The Morgan fingerprint density at radius 2 is 1.55 bits per heavy atom. The molecule has 164 valence electrons. The molecule has 3 aromatic rings. The molecule has 0 saturated carbocycles. The van der Waals surface area contributed by atoms with Gasteiger partial charge < -0.3 is 44.9 Å². The van der Waals surface area contributed by atoms with Crippen LogP contribution in [0.1, 0.15) is 18.6 Å². The van der Waals surface area contributed by atoms with E-state index in [1.165, 1.54) is 25.1 Å². The van der Waals surface area contributed by atoms with Crippen LogP contribution in [-0.2, 0) is 4.74 Å². The summed E-state index contributed by atoms with van der Waals surface area (Å²) in [6.07, 6.45) is -7.04. The molecule has 31 heavy (non-hydrogen) atoms. The van der Waals surface area contributed by atoms with Crippen LogP contribution in [-0.4, -0.2) is 60.2 Å². The van der Waals surface area contributed by atoms with E-state index in [0.717, 1.165) is 12.1 Å². The lowest BCUT2D eigenvalue weighted by molar-refractivity contribution is -0.220. The normalized spacial score (nSPS) is 26.3. The Balaban J connectivity index is 1.87. The number of aromatic hydroxyl groups is 4. The molecule has 1 aliphatic heterocycles. The summed E-state index contributed by atoms with van der Waals surface area (Å²) in [6, 6.07) is 5.87. The van der Waals surface area contributed by atoms with Crippen molar-refractivity contribution in [3.63, 3.8) is 0 Å². The highest BCUT2D eigenvalue weighted by atomic mass is 16.5. The van der Waals surface area contributed by atoms with Crippen molar-refractivity contribution >= 4 is 11.0 Å². The van der Waals surface area contributed by atoms with Gasteiger partial charge in [0.1, 0.15) is 52.6 Å². The van der Waals surface area contributed by atoms with Gasteiger partial charge in [-0.05, 0) is 25.1 Å². The topological polar surface area (TPSA) is 181 Å². The highest BCUT2D eigenvalue weighted by molar-refractivity contribution is 5.88. The van der Waals surface area contributed by atoms with Crippen LogP contribution < -0.4 is 5.43 Å². The Hall–Kier alpha value is -3.31. The summed E-state index contributed by atoms with van der Waals surface area (Å²) < 4.78 is 11.1. The molecule has 1 aromatic heterocycles. The van der Waals surface area contributed by atoms with Crippen molar-refractivity contribution in [3.05, 3.63) is 46.1 Å². The zero-order chi connectivity index (χ0) is 22.6. The highest BCUT2D eigenvalue weighted by Crippen LogP contribution is 2.44. The number of aliphatic hydroxyl groups is 3. The van der Waals surface area contributed by atoms with Gasteiger partial charge in [0.05, 0.1) is 11.7 Å². The fraction of sp³-hybridized carbons (Fsp3) is 0.286. The van der Waals surface area contributed by atoms with Crippen molar-refractivity contribution in [2.75, 3.05) is 0 Å². The van der Waals surface area contributed by atoms with Gasteiger partial charge in [-0.3, -0.25) is 4.79 Å². The van der Waals surface area contributed by atoms with Crippen LogP contribution in [0.25, 0.3) is 22.3 Å². The van der Waals surface area contributed by atoms with Gasteiger partial charge in [0, 0.05) is 17.7 Å². The second kappa shape index (κ2) is 7.43. The van der Waals surface area contributed by atoms with Gasteiger partial charge in [0.25, 0.3) is 0 Å². The number of phenolic OH excluding ortho intramolecular Hbond substituents is 4. The van der Waals surface area contributed by atoms with Crippen LogP contribution >= 0.6 is 0 Å². The third-order valence-corrected chi connectivity index (χ3v) is 5.41. The molecule has 4 rings (SSSR count). The number of hydrogen-bond acceptors (Lipinski definition) is 10. The third-order valence-electron chi connectivity index (χ3n) is 5.41. The molecular formula is C21H20O10. The summed E-state index contributed by atoms with van der Waals surface area (Å²) in [6.45, 7) is 1.44. The molecule has 0 unspecified atom stereocenters. The highest BCUT2D eigenvalue weighted by Gasteiger charge is 2.44. The zero-order valence-corrected chi connectivity index (χ0v) is 16.1. The van der Waals surface area contributed by atoms with Crippen molar-refractivity contribution in [1.82, 2.24) is 0 Å². The van der Waals surface area contributed by atoms with Crippen LogP contribution in [0.4, 0.5) is 0 Å². The Kier molecular flexibility index (Phi) is 5.02. The van der Waals surface area contributed by atoms with E-state index in [1.807, 2.05) is 0 Å². The molecular weight excluding hydrogens is 412 g/mol. The predicted octanol–water partition coefficient (Wildman–Crippen LogP) is 0.825. The summed E-state index contributed by atoms with van der Waals surface area (Å²) >= 11 is 0. The third kappa shape index (κ3) is 3.35. The first kappa shape index (κ1) is 20.9. The average Bonchev–Trinajstić information content (AvgIpc) is 2.71. The fourth-order valence-corrected chi connectivity index (χ4v) is 3.69. The minimum Gasteiger partial charge on any atom is -0.507 e. The lowest BCUT2D eigenvalue weighted by Gasteiger charge is -2.39. The second-order valence-corrected chi connectivity index (χ2v) is 7.44. The smallest absolute Gasteiger partial charge is 0.197 e. The van der Waals surface area contributed by atoms with Crippen molar-refractivity contribution in [1.29, 1.82) is 0 Å². The molecule has 0 aliphatic carbocycles. The Morgan fingerprint density at radius 1 is 0.839 bits per heavy atom. The number of benzene rings is 2. The Morgan fingerprint density at radius 3 is 2.23 bits per heavy atom. The molecule has 1 aliphatic rings. The van der Waals surface area contributed by atoms with Gasteiger partial charge in [0.15, 0.2) is 16.9 Å². The molecule has 10 heteroatoms. The van der Waals surface area contributed by atoms with E-state index in [2.05, 4.69) is 0 Å². The minimum absolute atomic E-state index is 0.000433. The van der Waals surface area contributed by atoms with Crippen LogP contribution in [0.15, 0.2) is 39.5 Å². The monoisotopic (exact) mass is 432 g/mol. The molecule has 0 bridgehead atoms. The SMILES string of the molecule is C[C@@H]1O[C@@H](c2c(O)cc3oc(-c4ccc(O)c(O)c4)cc(=O)c3c2O)[C@H](O)[C@H](O)[C@H]1O. The van der Waals surface area contributed by atoms with E-state index in [4.69, 9.17) is 9.15 Å². The van der Waals surface area contributed by atoms with E-state index in [0.29, 0.717) is 0 Å². The van der Waals surface area contributed by atoms with Gasteiger partial charge in [-0.2, -0.15) is 0 Å². The maximum atomic E-state index is 12.7. The largest absolute Gasteiger partial charge is 0.507 e. The van der Waals surface area contributed by atoms with Crippen LogP contribution in [0.5, 0.6) is 23.0 Å². The van der Waals surface area contributed by atoms with E-state index in [-0.39, 0.29) is 33.6 Å². The number of phenols is 4. The lowest BCUT2D eigenvalue weighted by atomic mass is 9.90. The van der Waals surface area contributed by atoms with Crippen molar-refractivity contribution in [2.45, 2.75) is 37.4 Å². The van der Waals surface area contributed by atoms with Gasteiger partial charge in [-0.15, -0.1) is 0 Å². The Labute approximate surface area is 174 Å². The lowest BCUT2D eigenvalue weighted by Crippen LogP contribution is -2.53. The molecule has 2 heterocycles. The molecule has 5 atom stereocenters. The van der Waals surface area contributed by atoms with Crippen LogP contribution in [0, 0.1) is 0 Å². The molecule has 0 amide bonds. The standard InChI is InChI=1S/C21H20O10/c1-7-17(26)19(28)20(29)21(30-7)16-12(25)6-14-15(18(16)27)11(24)5-13(31-14)8-2-3-9(22)10(23)4-8/h2-7,17,19-23,25-29H,1H3/t7-,17-,19+,20+,21-/m0/s1. The zero-order valence-electron chi connectivity index (χ0n) is 16.1. The molecule has 7 N–H and O–H groups in total. The first-order chi connectivity index (χ1) is 14.6. The molecule has 1 saturated heterocycles. The number of fused-ring (bicyclic) bond motifs is 1. The van der Waals surface area contributed by atoms with E-state index < -0.39 is 53.2 Å². The molecule has 0 radical (unpaired) electrons. The van der Waals surface area contributed by atoms with Crippen molar-refractivity contribution < 1.29 is 44.9 Å². The summed E-state index contributed by atoms with van der Waals surface area (Å²) in [4.78, 5) is 12.7. The van der Waals surface area contributed by atoms with Crippen molar-refractivity contribution in [3.8, 4) is 34.3 Å². The molecule has 1 fully saturated rings. The number of ether oxygens (including phenoxy) is 1. The van der Waals surface area contributed by atoms with Crippen molar-refractivity contribution in [2.24, 2.45) is 0 Å². The second-order valence-electron chi connectivity index (χ2n) is 7.44. The first-order valence-electron chi connectivity index (χ1n) is 9.34. The minimum atomic E-state index is -1.69. The average molecular weight is 432 g/mol. The van der Waals surface area contributed by atoms with Crippen LogP contribution in [0.3, 0.4) is 0 Å². The van der Waals surface area contributed by atoms with Gasteiger partial charge >= 0.3 is 0 Å². The fourth-order valence-electron chi connectivity index (χ4n) is 3.69. The maximum Gasteiger partial charge on any atom is 0.197 e. The quantitative estimate of drug-likeness (QED) is 0.286. The predicted molar refractivity (Wildman–Crippen MR) is 106 cm³/mol. The number of hydrogen-bond donors (Lipinski definition) is 7. The number of aliphatic hydroxyl groups excluding tert-OH is 3. The summed E-state index contributed by atoms with van der Waals surface area (Å²) in [5, 5.41) is 70.3. The summed E-state index contributed by atoms with van der Waals surface area (Å²) in [7, 11) is 0. The molecule has 10 nitrogen and oxygen atoms in total. The van der Waals surface area contributed by atoms with E-state index in [1.54, 1.807) is 0 Å². The summed E-state index contributed by atoms with van der Waals surface area (Å²) in [5.74, 6) is -2.07. The van der Waals surface area contributed by atoms with Gasteiger partial charge in [-0.25, -0.2) is 0 Å². The number of rotatable bonds is 2. The summed E-state index contributed by atoms with van der Waals surface area (Å²) in [5.41, 5.74) is -0.955. The van der Waals surface area contributed by atoms with E-state index >= 15 is 0 Å². The van der Waals surface area contributed by atoms with Gasteiger partial charge in [0.2, 0.25) is 0 Å². The molecule has 0 spiro atoms. The van der Waals surface area contributed by atoms with E-state index in [9.17, 15) is 40.5 Å². The maximum absolute atomic E-state index is 12.7. The first-order valence-corrected chi connectivity index (χ1v) is 9.34. The molecule has 2 aromatic carbocycles.